The smallest absolute Gasteiger partial charge is 0.258 e. The Hall–Kier alpha value is -6.28. The van der Waals surface area contributed by atoms with Crippen molar-refractivity contribution in [1.29, 1.82) is 0 Å². The number of carbonyl (C=O) groups is 4. The summed E-state index contributed by atoms with van der Waals surface area (Å²) in [5.74, 6) is -0.685. The number of nitrogens with one attached hydrogen (secondary N) is 2. The third kappa shape index (κ3) is 7.97. The second kappa shape index (κ2) is 16.0. The summed E-state index contributed by atoms with van der Waals surface area (Å²) < 4.78 is 0. The first kappa shape index (κ1) is 34.6. The minimum atomic E-state index is -0.220. The number of rotatable bonds is 12. The van der Waals surface area contributed by atoms with Crippen molar-refractivity contribution in [2.45, 2.75) is 33.1 Å². The van der Waals surface area contributed by atoms with E-state index < -0.39 is 0 Å². The molecule has 0 saturated carbocycles. The summed E-state index contributed by atoms with van der Waals surface area (Å²) in [6.07, 6.45) is 0.679. The highest BCUT2D eigenvalue weighted by Crippen LogP contribution is 2.29. The highest BCUT2D eigenvalue weighted by Gasteiger charge is 2.20. The fourth-order valence-corrected chi connectivity index (χ4v) is 6.29. The van der Waals surface area contributed by atoms with E-state index in [1.165, 1.54) is 0 Å². The fourth-order valence-electron chi connectivity index (χ4n) is 6.29. The zero-order chi connectivity index (χ0) is 35.7. The Labute approximate surface area is 297 Å². The normalized spacial score (nSPS) is 10.9. The summed E-state index contributed by atoms with van der Waals surface area (Å²) in [6.45, 7) is 4.91. The number of fused-ring (bicyclic) bond motifs is 2. The molecule has 0 aromatic heterocycles. The van der Waals surface area contributed by atoms with Crippen molar-refractivity contribution in [3.8, 4) is 0 Å². The quantitative estimate of drug-likeness (QED) is 0.135. The van der Waals surface area contributed by atoms with E-state index in [4.69, 9.17) is 0 Å². The summed E-state index contributed by atoms with van der Waals surface area (Å²) >= 11 is 0. The minimum absolute atomic E-state index is 0.122. The number of carbonyl (C=O) groups excluding carboxylic acids is 4. The summed E-state index contributed by atoms with van der Waals surface area (Å²) in [4.78, 5) is 55.7. The third-order valence-corrected chi connectivity index (χ3v) is 8.88. The van der Waals surface area contributed by atoms with E-state index in [9.17, 15) is 19.2 Å². The van der Waals surface area contributed by atoms with Gasteiger partial charge in [0.15, 0.2) is 0 Å². The molecule has 2 N–H and O–H groups in total. The average Bonchev–Trinajstić information content (AvgIpc) is 3.16. The molecule has 0 atom stereocenters. The maximum Gasteiger partial charge on any atom is 0.258 e. The number of nitrogens with zero attached hydrogens (tertiary/aromatic N) is 2. The van der Waals surface area contributed by atoms with Crippen LogP contribution in [0.15, 0.2) is 133 Å². The Kier molecular flexibility index (Phi) is 10.8. The van der Waals surface area contributed by atoms with Gasteiger partial charge in [0.25, 0.3) is 11.8 Å². The topological polar surface area (TPSA) is 98.8 Å². The molecule has 0 spiro atoms. The molecule has 0 unspecified atom stereocenters. The molecule has 6 aromatic rings. The van der Waals surface area contributed by atoms with Gasteiger partial charge in [0.2, 0.25) is 11.8 Å². The highest BCUT2D eigenvalue weighted by molar-refractivity contribution is 6.12. The van der Waals surface area contributed by atoms with Crippen LogP contribution in [-0.4, -0.2) is 36.7 Å². The second-order valence-electron chi connectivity index (χ2n) is 12.2. The molecule has 0 aliphatic rings. The molecule has 0 saturated heterocycles. The number of benzene rings is 6. The molecule has 8 heteroatoms. The van der Waals surface area contributed by atoms with Gasteiger partial charge < -0.3 is 20.4 Å². The molecule has 0 heterocycles. The Morgan fingerprint density at radius 3 is 1.24 bits per heavy atom. The fraction of sp³-hybridized carbons (Fsp3) is 0.163. The third-order valence-electron chi connectivity index (χ3n) is 8.88. The SMILES string of the molecule is CCN(C(=O)c1ccc(NC(=O)CCCC(=O)Nc2ccc(C(=O)N(CC)c3cccc4ccccc34)cc2)cc1)c1cccc2ccccc12. The molecule has 6 aromatic carbocycles. The molecule has 0 aliphatic heterocycles. The van der Waals surface area contributed by atoms with Gasteiger partial charge in [0, 0.05) is 59.2 Å². The van der Waals surface area contributed by atoms with Crippen LogP contribution in [0.25, 0.3) is 21.5 Å². The lowest BCUT2D eigenvalue weighted by molar-refractivity contribution is -0.117. The van der Waals surface area contributed by atoms with Gasteiger partial charge in [-0.1, -0.05) is 72.8 Å². The van der Waals surface area contributed by atoms with Gasteiger partial charge in [0.05, 0.1) is 11.4 Å². The molecule has 0 fully saturated rings. The Morgan fingerprint density at radius 2 is 0.843 bits per heavy atom. The van der Waals surface area contributed by atoms with Crippen LogP contribution in [0, 0.1) is 0 Å². The average molecular weight is 677 g/mol. The van der Waals surface area contributed by atoms with E-state index in [0.29, 0.717) is 42.0 Å². The number of anilines is 4. The van der Waals surface area contributed by atoms with Crippen molar-refractivity contribution in [3.05, 3.63) is 145 Å². The summed E-state index contributed by atoms with van der Waals surface area (Å²) in [6, 6.07) is 41.5. The van der Waals surface area contributed by atoms with Crippen LogP contribution in [0.3, 0.4) is 0 Å². The lowest BCUT2D eigenvalue weighted by atomic mass is 10.1. The molecule has 0 radical (unpaired) electrons. The molecular weight excluding hydrogens is 636 g/mol. The van der Waals surface area contributed by atoms with E-state index >= 15 is 0 Å². The molecule has 0 aliphatic carbocycles. The molecule has 0 bridgehead atoms. The Balaban J connectivity index is 0.976. The van der Waals surface area contributed by atoms with E-state index in [1.807, 2.05) is 98.8 Å². The number of amides is 4. The van der Waals surface area contributed by atoms with Gasteiger partial charge in [0.1, 0.15) is 0 Å². The zero-order valence-electron chi connectivity index (χ0n) is 28.8. The van der Waals surface area contributed by atoms with E-state index in [0.717, 1.165) is 32.9 Å². The van der Waals surface area contributed by atoms with Gasteiger partial charge >= 0.3 is 0 Å². The predicted molar refractivity (Wildman–Crippen MR) is 207 cm³/mol. The van der Waals surface area contributed by atoms with Gasteiger partial charge in [-0.25, -0.2) is 0 Å². The summed E-state index contributed by atoms with van der Waals surface area (Å²) in [5.41, 5.74) is 3.89. The Morgan fingerprint density at radius 1 is 0.471 bits per heavy atom. The second-order valence-corrected chi connectivity index (χ2v) is 12.2. The van der Waals surface area contributed by atoms with Crippen LogP contribution in [-0.2, 0) is 9.59 Å². The standard InChI is InChI=1S/C43H40N4O4/c1-3-46(38-18-9-14-30-12-5-7-16-36(30)38)42(50)32-22-26-34(27-23-32)44-40(48)20-11-21-41(49)45-35-28-24-33(25-29-35)43(51)47(4-2)39-19-10-15-31-13-6-8-17-37(31)39/h5-10,12-19,22-29H,3-4,11,20-21H2,1-2H3,(H,44,48)(H,45,49). The first-order chi connectivity index (χ1) is 24.9. The van der Waals surface area contributed by atoms with E-state index in [1.54, 1.807) is 58.3 Å². The molecular formula is C43H40N4O4. The number of hydrogen-bond donors (Lipinski definition) is 2. The molecule has 256 valence electrons. The van der Waals surface area contributed by atoms with Gasteiger partial charge in [-0.3, -0.25) is 19.2 Å². The molecule has 4 amide bonds. The first-order valence-electron chi connectivity index (χ1n) is 17.3. The van der Waals surface area contributed by atoms with Crippen molar-refractivity contribution >= 4 is 67.9 Å². The predicted octanol–water partition coefficient (Wildman–Crippen LogP) is 9.07. The molecule has 8 nitrogen and oxygen atoms in total. The van der Waals surface area contributed by atoms with Crippen LogP contribution < -0.4 is 20.4 Å². The molecule has 51 heavy (non-hydrogen) atoms. The highest BCUT2D eigenvalue weighted by atomic mass is 16.2. The van der Waals surface area contributed by atoms with Crippen molar-refractivity contribution in [3.63, 3.8) is 0 Å². The summed E-state index contributed by atoms with van der Waals surface area (Å²) in [5, 5.41) is 9.85. The van der Waals surface area contributed by atoms with E-state index in [2.05, 4.69) is 10.6 Å². The summed E-state index contributed by atoms with van der Waals surface area (Å²) in [7, 11) is 0. The largest absolute Gasteiger partial charge is 0.326 e. The lowest BCUT2D eigenvalue weighted by Gasteiger charge is -2.23. The van der Waals surface area contributed by atoms with Crippen molar-refractivity contribution in [1.82, 2.24) is 0 Å². The van der Waals surface area contributed by atoms with Crippen LogP contribution in [0.5, 0.6) is 0 Å². The van der Waals surface area contributed by atoms with Crippen LogP contribution >= 0.6 is 0 Å². The van der Waals surface area contributed by atoms with Gasteiger partial charge in [-0.15, -0.1) is 0 Å². The van der Waals surface area contributed by atoms with Gasteiger partial charge in [-0.05, 0) is 91.7 Å². The lowest BCUT2D eigenvalue weighted by Crippen LogP contribution is -2.30. The van der Waals surface area contributed by atoms with Crippen molar-refractivity contribution < 1.29 is 19.2 Å². The zero-order valence-corrected chi connectivity index (χ0v) is 28.8. The van der Waals surface area contributed by atoms with Crippen molar-refractivity contribution in [2.24, 2.45) is 0 Å². The maximum atomic E-state index is 13.5. The molecule has 6 rings (SSSR count). The first-order valence-corrected chi connectivity index (χ1v) is 17.3. The number of hydrogen-bond acceptors (Lipinski definition) is 4. The van der Waals surface area contributed by atoms with Gasteiger partial charge in [-0.2, -0.15) is 0 Å². The van der Waals surface area contributed by atoms with Crippen LogP contribution in [0.4, 0.5) is 22.7 Å². The van der Waals surface area contributed by atoms with Crippen LogP contribution in [0.1, 0.15) is 53.8 Å². The minimum Gasteiger partial charge on any atom is -0.326 e. The Bertz CT molecular complexity index is 2030. The van der Waals surface area contributed by atoms with Crippen molar-refractivity contribution in [2.75, 3.05) is 33.5 Å². The van der Waals surface area contributed by atoms with Crippen LogP contribution in [0.2, 0.25) is 0 Å². The van der Waals surface area contributed by atoms with E-state index in [-0.39, 0.29) is 36.5 Å². The monoisotopic (exact) mass is 676 g/mol. The maximum absolute atomic E-state index is 13.5.